The normalized spacial score (nSPS) is 8.18. The van der Waals surface area contributed by atoms with Crippen LogP contribution in [0, 0.1) is 0 Å². The topological polar surface area (TPSA) is 60.7 Å². The average Bonchev–Trinajstić information content (AvgIpc) is 2.04. The molecule has 3 nitrogen and oxygen atoms in total. The van der Waals surface area contributed by atoms with E-state index in [0.717, 1.165) is 5.57 Å². The van der Waals surface area contributed by atoms with Crippen molar-refractivity contribution in [2.75, 3.05) is 13.2 Å². The predicted octanol–water partition coefficient (Wildman–Crippen LogP) is 0.0694. The van der Waals surface area contributed by atoms with Crippen LogP contribution < -0.4 is 0 Å². The molecule has 66 valence electrons. The van der Waals surface area contributed by atoms with Crippen molar-refractivity contribution in [1.82, 2.24) is 0 Å². The van der Waals surface area contributed by atoms with E-state index in [1.165, 1.54) is 0 Å². The Hall–Kier alpha value is -0.600. The maximum absolute atomic E-state index is 8.17. The fourth-order valence-corrected chi connectivity index (χ4v) is 0.0577. The first-order valence-corrected chi connectivity index (χ1v) is 3.31. The fraction of sp³-hybridized carbons (Fsp3) is 0.625. The summed E-state index contributed by atoms with van der Waals surface area (Å²) in [5, 5.41) is 24.0. The number of aliphatic hydroxyl groups is 3. The highest BCUT2D eigenvalue weighted by atomic mass is 16.3. The van der Waals surface area contributed by atoms with Crippen molar-refractivity contribution in [3.05, 3.63) is 17.9 Å². The van der Waals surface area contributed by atoms with Gasteiger partial charge in [0.15, 0.2) is 0 Å². The Labute approximate surface area is 67.3 Å². The highest BCUT2D eigenvalue weighted by Gasteiger charge is 1.93. The van der Waals surface area contributed by atoms with Crippen LogP contribution in [0.3, 0.4) is 0 Å². The van der Waals surface area contributed by atoms with Gasteiger partial charge in [-0.15, -0.1) is 5.73 Å². The van der Waals surface area contributed by atoms with Crippen molar-refractivity contribution in [2.24, 2.45) is 0 Å². The van der Waals surface area contributed by atoms with E-state index in [1.807, 2.05) is 13.8 Å². The maximum atomic E-state index is 8.17. The van der Waals surface area contributed by atoms with Gasteiger partial charge in [-0.3, -0.25) is 0 Å². The number of hydrogen-bond donors (Lipinski definition) is 3. The van der Waals surface area contributed by atoms with Crippen molar-refractivity contribution in [1.29, 1.82) is 0 Å². The zero-order valence-electron chi connectivity index (χ0n) is 7.04. The zero-order chi connectivity index (χ0) is 9.28. The van der Waals surface area contributed by atoms with Crippen molar-refractivity contribution in [2.45, 2.75) is 20.0 Å². The molecule has 0 aliphatic carbocycles. The van der Waals surface area contributed by atoms with Gasteiger partial charge in [-0.05, 0) is 19.4 Å². The largest absolute Gasteiger partial charge is 0.394 e. The molecule has 0 aromatic rings. The molecule has 0 unspecified atom stereocenters. The Morgan fingerprint density at radius 3 is 1.64 bits per heavy atom. The maximum Gasteiger partial charge on any atom is 0.100 e. The molecule has 0 spiro atoms. The molecule has 11 heavy (non-hydrogen) atoms. The molecule has 0 fully saturated rings. The molecular weight excluding hydrogens is 144 g/mol. The van der Waals surface area contributed by atoms with Crippen LogP contribution in [-0.2, 0) is 0 Å². The van der Waals surface area contributed by atoms with Gasteiger partial charge in [-0.2, -0.15) is 0 Å². The first-order valence-electron chi connectivity index (χ1n) is 3.31. The lowest BCUT2D eigenvalue weighted by atomic mass is 10.4. The third-order valence-corrected chi connectivity index (χ3v) is 0.775. The van der Waals surface area contributed by atoms with Crippen LogP contribution in [-0.4, -0.2) is 34.6 Å². The Balaban J connectivity index is 0. The molecule has 0 bridgehead atoms. The van der Waals surface area contributed by atoms with Gasteiger partial charge in [0.2, 0.25) is 0 Å². The van der Waals surface area contributed by atoms with E-state index in [0.29, 0.717) is 0 Å². The summed E-state index contributed by atoms with van der Waals surface area (Å²) in [6.07, 6.45) is -0.954. The number of aliphatic hydroxyl groups excluding tert-OH is 3. The van der Waals surface area contributed by atoms with Gasteiger partial charge in [-0.1, -0.05) is 6.58 Å². The highest BCUT2D eigenvalue weighted by molar-refractivity contribution is 4.87. The Bertz CT molecular complexity index is 117. The molecule has 3 heteroatoms. The SMILES string of the molecule is C=C=C(C)C.OCC(O)CO. The Kier molecular flexibility index (Phi) is 11.1. The minimum atomic E-state index is -0.954. The summed E-state index contributed by atoms with van der Waals surface area (Å²) in [5.74, 6) is 0. The Morgan fingerprint density at radius 1 is 1.36 bits per heavy atom. The second-order valence-corrected chi connectivity index (χ2v) is 2.20. The summed E-state index contributed by atoms with van der Waals surface area (Å²) in [5.41, 5.74) is 3.84. The van der Waals surface area contributed by atoms with Crippen LogP contribution in [0.2, 0.25) is 0 Å². The molecule has 0 rings (SSSR count). The van der Waals surface area contributed by atoms with E-state index in [1.54, 1.807) is 0 Å². The third-order valence-electron chi connectivity index (χ3n) is 0.775. The molecule has 0 saturated carbocycles. The summed E-state index contributed by atoms with van der Waals surface area (Å²) in [6.45, 7) is 6.60. The summed E-state index contributed by atoms with van der Waals surface area (Å²) >= 11 is 0. The molecule has 3 N–H and O–H groups in total. The minimum absolute atomic E-state index is 0.365. The molecule has 0 saturated heterocycles. The molecule has 0 heterocycles. The van der Waals surface area contributed by atoms with E-state index >= 15 is 0 Å². The van der Waals surface area contributed by atoms with Crippen molar-refractivity contribution in [3.8, 4) is 0 Å². The summed E-state index contributed by atoms with van der Waals surface area (Å²) in [4.78, 5) is 0. The lowest BCUT2D eigenvalue weighted by molar-refractivity contribution is 0.0450. The minimum Gasteiger partial charge on any atom is -0.394 e. The van der Waals surface area contributed by atoms with Gasteiger partial charge in [0.05, 0.1) is 13.2 Å². The molecule has 0 atom stereocenters. The lowest BCUT2D eigenvalue weighted by Gasteiger charge is -1.96. The van der Waals surface area contributed by atoms with Gasteiger partial charge in [-0.25, -0.2) is 0 Å². The smallest absolute Gasteiger partial charge is 0.100 e. The molecular formula is C8H16O3. The molecule has 0 amide bonds. The standard InChI is InChI=1S/C5H8.C3H8O3/c1-4-5(2)3;4-1-3(6)2-5/h1H2,2-3H3;3-6H,1-2H2. The highest BCUT2D eigenvalue weighted by Crippen LogP contribution is 1.77. The molecule has 0 radical (unpaired) electrons. The third kappa shape index (κ3) is 17.7. The lowest BCUT2D eigenvalue weighted by Crippen LogP contribution is -2.15. The molecule has 0 aliphatic heterocycles. The molecule has 0 aromatic heterocycles. The van der Waals surface area contributed by atoms with Gasteiger partial charge in [0.25, 0.3) is 0 Å². The zero-order valence-corrected chi connectivity index (χ0v) is 7.04. The Morgan fingerprint density at radius 2 is 1.64 bits per heavy atom. The van der Waals surface area contributed by atoms with E-state index < -0.39 is 6.10 Å². The van der Waals surface area contributed by atoms with Crippen molar-refractivity contribution >= 4 is 0 Å². The van der Waals surface area contributed by atoms with Gasteiger partial charge in [0, 0.05) is 0 Å². The van der Waals surface area contributed by atoms with Crippen LogP contribution in [0.25, 0.3) is 0 Å². The van der Waals surface area contributed by atoms with E-state index in [-0.39, 0.29) is 13.2 Å². The summed E-state index contributed by atoms with van der Waals surface area (Å²) < 4.78 is 0. The fourth-order valence-electron chi connectivity index (χ4n) is 0.0577. The van der Waals surface area contributed by atoms with Crippen LogP contribution in [0.5, 0.6) is 0 Å². The second kappa shape index (κ2) is 9.40. The first kappa shape index (κ1) is 13.0. The molecule has 0 aromatic carbocycles. The van der Waals surface area contributed by atoms with E-state index in [2.05, 4.69) is 12.3 Å². The van der Waals surface area contributed by atoms with Crippen LogP contribution in [0.15, 0.2) is 17.9 Å². The van der Waals surface area contributed by atoms with Crippen LogP contribution >= 0.6 is 0 Å². The van der Waals surface area contributed by atoms with Gasteiger partial charge >= 0.3 is 0 Å². The molecule has 0 aliphatic rings. The quantitative estimate of drug-likeness (QED) is 0.501. The van der Waals surface area contributed by atoms with E-state index in [4.69, 9.17) is 15.3 Å². The predicted molar refractivity (Wildman–Crippen MR) is 44.2 cm³/mol. The van der Waals surface area contributed by atoms with Crippen molar-refractivity contribution in [3.63, 3.8) is 0 Å². The number of allylic oxidation sites excluding steroid dienone is 1. The number of hydrogen-bond acceptors (Lipinski definition) is 3. The summed E-state index contributed by atoms with van der Waals surface area (Å²) in [6, 6.07) is 0. The van der Waals surface area contributed by atoms with Crippen LogP contribution in [0.4, 0.5) is 0 Å². The average molecular weight is 160 g/mol. The van der Waals surface area contributed by atoms with Gasteiger partial charge < -0.3 is 15.3 Å². The number of rotatable bonds is 2. The summed E-state index contributed by atoms with van der Waals surface area (Å²) in [7, 11) is 0. The first-order chi connectivity index (χ1) is 5.08. The van der Waals surface area contributed by atoms with Crippen molar-refractivity contribution < 1.29 is 15.3 Å². The van der Waals surface area contributed by atoms with Gasteiger partial charge in [0.1, 0.15) is 6.10 Å². The second-order valence-electron chi connectivity index (χ2n) is 2.20. The van der Waals surface area contributed by atoms with Crippen LogP contribution in [0.1, 0.15) is 13.8 Å². The monoisotopic (exact) mass is 160 g/mol. The van der Waals surface area contributed by atoms with E-state index in [9.17, 15) is 0 Å².